The Morgan fingerprint density at radius 2 is 1.67 bits per heavy atom. The van der Waals surface area contributed by atoms with Gasteiger partial charge in [0.2, 0.25) is 5.91 Å². The van der Waals surface area contributed by atoms with Gasteiger partial charge in [-0.2, -0.15) is 0 Å². The maximum atomic E-state index is 12.5. The van der Waals surface area contributed by atoms with Gasteiger partial charge in [-0.25, -0.2) is 14.6 Å². The van der Waals surface area contributed by atoms with Crippen LogP contribution in [0.4, 0.5) is 10.5 Å². The zero-order chi connectivity index (χ0) is 20.1. The van der Waals surface area contributed by atoms with E-state index < -0.39 is 30.3 Å². The Kier molecular flexibility index (Phi) is 6.55. The molecule has 8 heteroatoms. The number of anilines is 1. The molecule has 1 heterocycles. The first kappa shape index (κ1) is 20.4. The first-order valence-corrected chi connectivity index (χ1v) is 8.88. The summed E-state index contributed by atoms with van der Waals surface area (Å²) in [5.41, 5.74) is 0.243. The third kappa shape index (κ3) is 4.84. The number of rotatable bonds is 8. The van der Waals surface area contributed by atoms with Crippen LogP contribution in [0.3, 0.4) is 0 Å². The van der Waals surface area contributed by atoms with Crippen LogP contribution >= 0.6 is 0 Å². The summed E-state index contributed by atoms with van der Waals surface area (Å²) in [5, 5.41) is 2.76. The van der Waals surface area contributed by atoms with Gasteiger partial charge < -0.3 is 10.1 Å². The Bertz CT molecular complexity index is 729. The van der Waals surface area contributed by atoms with Crippen LogP contribution in [0.15, 0.2) is 24.3 Å². The Balaban J connectivity index is 2.03. The minimum Gasteiger partial charge on any atom is -0.497 e. The van der Waals surface area contributed by atoms with Gasteiger partial charge in [0, 0.05) is 6.04 Å². The Labute approximate surface area is 158 Å². The molecule has 27 heavy (non-hydrogen) atoms. The molecule has 0 radical (unpaired) electrons. The number of nitrogens with one attached hydrogen (secondary N) is 1. The van der Waals surface area contributed by atoms with Crippen molar-refractivity contribution in [2.24, 2.45) is 5.92 Å². The van der Waals surface area contributed by atoms with Crippen molar-refractivity contribution in [2.75, 3.05) is 18.6 Å². The smallest absolute Gasteiger partial charge is 0.339 e. The number of nitrogens with zero attached hydrogens (tertiary/aromatic N) is 2. The van der Waals surface area contributed by atoms with Crippen molar-refractivity contribution >= 4 is 29.4 Å². The second kappa shape index (κ2) is 8.66. The fraction of sp³-hybridized carbons (Fsp3) is 0.474. The van der Waals surface area contributed by atoms with E-state index in [0.29, 0.717) is 16.6 Å². The largest absolute Gasteiger partial charge is 0.497 e. The summed E-state index contributed by atoms with van der Waals surface area (Å²) in [6.45, 7) is 5.57. The molecule has 0 unspecified atom stereocenters. The summed E-state index contributed by atoms with van der Waals surface area (Å²) in [7, 11) is 1.49. The van der Waals surface area contributed by atoms with Crippen LogP contribution in [-0.4, -0.2) is 48.3 Å². The molecule has 1 aromatic carbocycles. The maximum absolute atomic E-state index is 12.5. The average Bonchev–Trinajstić information content (AvgIpc) is 2.83. The highest BCUT2D eigenvalue weighted by Crippen LogP contribution is 2.24. The molecule has 1 N–H and O–H groups in total. The fourth-order valence-corrected chi connectivity index (χ4v) is 2.72. The summed E-state index contributed by atoms with van der Waals surface area (Å²) >= 11 is 0. The van der Waals surface area contributed by atoms with Gasteiger partial charge >= 0.3 is 17.8 Å². The zero-order valence-electron chi connectivity index (χ0n) is 16.0. The second-order valence-corrected chi connectivity index (χ2v) is 6.95. The predicted molar refractivity (Wildman–Crippen MR) is 99.3 cm³/mol. The molecule has 0 bridgehead atoms. The molecule has 0 aliphatic carbocycles. The van der Waals surface area contributed by atoms with E-state index in [4.69, 9.17) is 4.74 Å². The number of hydrogen-bond acceptors (Lipinski definition) is 5. The van der Waals surface area contributed by atoms with Gasteiger partial charge in [0.25, 0.3) is 0 Å². The molecule has 1 aliphatic rings. The molecule has 8 nitrogen and oxygen atoms in total. The van der Waals surface area contributed by atoms with Crippen LogP contribution in [0, 0.1) is 5.92 Å². The minimum atomic E-state index is -1.01. The first-order chi connectivity index (χ1) is 12.7. The van der Waals surface area contributed by atoms with E-state index in [2.05, 4.69) is 19.2 Å². The molecule has 2 rings (SSSR count). The second-order valence-electron chi connectivity index (χ2n) is 6.95. The number of hydrogen-bond donors (Lipinski definition) is 1. The van der Waals surface area contributed by atoms with E-state index in [0.717, 1.165) is 17.7 Å². The minimum absolute atomic E-state index is 0.0823. The van der Waals surface area contributed by atoms with Crippen LogP contribution < -0.4 is 15.0 Å². The van der Waals surface area contributed by atoms with Gasteiger partial charge in [-0.15, -0.1) is 0 Å². The number of ether oxygens (including phenoxy) is 1. The highest BCUT2D eigenvalue weighted by atomic mass is 16.5. The SMILES string of the molecule is COc1ccc(N2C(=O)C(=O)N(CC(=O)N[C@@H](C)CCC(C)C)C2=O)cc1. The van der Waals surface area contributed by atoms with E-state index in [9.17, 15) is 19.2 Å². The van der Waals surface area contributed by atoms with Crippen molar-refractivity contribution in [3.8, 4) is 5.75 Å². The highest BCUT2D eigenvalue weighted by Gasteiger charge is 2.46. The molecule has 1 saturated heterocycles. The van der Waals surface area contributed by atoms with Crippen molar-refractivity contribution in [2.45, 2.75) is 39.7 Å². The van der Waals surface area contributed by atoms with Crippen molar-refractivity contribution < 1.29 is 23.9 Å². The number of imide groups is 2. The monoisotopic (exact) mass is 375 g/mol. The van der Waals surface area contributed by atoms with Crippen LogP contribution in [-0.2, 0) is 14.4 Å². The first-order valence-electron chi connectivity index (χ1n) is 8.88. The standard InChI is InChI=1S/C19H25N3O5/c1-12(2)5-6-13(3)20-16(23)11-21-17(24)18(25)22(19(21)26)14-7-9-15(27-4)10-8-14/h7-10,12-13H,5-6,11H2,1-4H3,(H,20,23)/t13-/m0/s1. The maximum Gasteiger partial charge on any atom is 0.339 e. The Morgan fingerprint density at radius 1 is 1.04 bits per heavy atom. The van der Waals surface area contributed by atoms with Gasteiger partial charge in [0.1, 0.15) is 12.3 Å². The van der Waals surface area contributed by atoms with Crippen LogP contribution in [0.25, 0.3) is 0 Å². The van der Waals surface area contributed by atoms with Gasteiger partial charge in [0.05, 0.1) is 12.8 Å². The molecule has 146 valence electrons. The highest BCUT2D eigenvalue weighted by molar-refractivity contribution is 6.53. The third-order valence-corrected chi connectivity index (χ3v) is 4.27. The predicted octanol–water partition coefficient (Wildman–Crippen LogP) is 1.93. The lowest BCUT2D eigenvalue weighted by molar-refractivity contribution is -0.140. The number of carbonyl (C=O) groups is 4. The number of carbonyl (C=O) groups excluding carboxylic acids is 4. The summed E-state index contributed by atoms with van der Waals surface area (Å²) < 4.78 is 5.03. The molecule has 1 fully saturated rings. The van der Waals surface area contributed by atoms with Gasteiger partial charge in [-0.3, -0.25) is 14.4 Å². The lowest BCUT2D eigenvalue weighted by Gasteiger charge is -2.18. The molecular formula is C19H25N3O5. The van der Waals surface area contributed by atoms with Crippen LogP contribution in [0.1, 0.15) is 33.6 Å². The normalized spacial score (nSPS) is 15.5. The van der Waals surface area contributed by atoms with Crippen LogP contribution in [0.5, 0.6) is 5.75 Å². The van der Waals surface area contributed by atoms with Gasteiger partial charge in [0.15, 0.2) is 0 Å². The Morgan fingerprint density at radius 3 is 2.22 bits per heavy atom. The summed E-state index contributed by atoms with van der Waals surface area (Å²) in [6.07, 6.45) is 1.74. The van der Waals surface area contributed by atoms with E-state index in [1.165, 1.54) is 19.2 Å². The lowest BCUT2D eigenvalue weighted by Crippen LogP contribution is -2.44. The molecule has 0 spiro atoms. The van der Waals surface area contributed by atoms with E-state index >= 15 is 0 Å². The number of benzene rings is 1. The third-order valence-electron chi connectivity index (χ3n) is 4.27. The average molecular weight is 375 g/mol. The van der Waals surface area contributed by atoms with E-state index in [1.807, 2.05) is 6.92 Å². The number of methoxy groups -OCH3 is 1. The van der Waals surface area contributed by atoms with Crippen molar-refractivity contribution in [3.63, 3.8) is 0 Å². The molecule has 1 atom stereocenters. The van der Waals surface area contributed by atoms with Gasteiger partial charge in [-0.1, -0.05) is 13.8 Å². The molecule has 5 amide bonds. The fourth-order valence-electron chi connectivity index (χ4n) is 2.72. The summed E-state index contributed by atoms with van der Waals surface area (Å²) in [4.78, 5) is 50.5. The quantitative estimate of drug-likeness (QED) is 0.553. The topological polar surface area (TPSA) is 96.0 Å². The number of amides is 5. The van der Waals surface area contributed by atoms with Crippen LogP contribution in [0.2, 0.25) is 0 Å². The summed E-state index contributed by atoms with van der Waals surface area (Å²) in [5.74, 6) is -1.40. The molecule has 1 aliphatic heterocycles. The molecule has 1 aromatic rings. The van der Waals surface area contributed by atoms with Crippen molar-refractivity contribution in [1.82, 2.24) is 10.2 Å². The Hall–Kier alpha value is -2.90. The van der Waals surface area contributed by atoms with Gasteiger partial charge in [-0.05, 0) is 49.9 Å². The zero-order valence-corrected chi connectivity index (χ0v) is 16.0. The lowest BCUT2D eigenvalue weighted by atomic mass is 10.0. The van der Waals surface area contributed by atoms with E-state index in [1.54, 1.807) is 12.1 Å². The van der Waals surface area contributed by atoms with Crippen molar-refractivity contribution in [1.29, 1.82) is 0 Å². The molecular weight excluding hydrogens is 350 g/mol. The van der Waals surface area contributed by atoms with Crippen molar-refractivity contribution in [3.05, 3.63) is 24.3 Å². The summed E-state index contributed by atoms with van der Waals surface area (Å²) in [6, 6.07) is 5.23. The molecule has 0 saturated carbocycles. The molecule has 0 aromatic heterocycles. The van der Waals surface area contributed by atoms with E-state index in [-0.39, 0.29) is 11.7 Å². The number of urea groups is 1.